The molecule has 2 heterocycles. The smallest absolute Gasteiger partial charge is 0.164 e. The molecule has 0 radical (unpaired) electrons. The van der Waals surface area contributed by atoms with Gasteiger partial charge in [0.15, 0.2) is 5.65 Å². The number of para-hydroxylation sites is 1. The van der Waals surface area contributed by atoms with Crippen molar-refractivity contribution in [3.05, 3.63) is 60.9 Å². The maximum atomic E-state index is 11.0. The summed E-state index contributed by atoms with van der Waals surface area (Å²) >= 11 is 0. The molecule has 9 nitrogen and oxygen atoms in total. The molecule has 0 amide bonds. The lowest BCUT2D eigenvalue weighted by atomic mass is 9.90. The number of ether oxygens (including phenoxy) is 1. The maximum Gasteiger partial charge on any atom is 0.164 e. The van der Waals surface area contributed by atoms with Gasteiger partial charge in [0.05, 0.1) is 11.4 Å². The van der Waals surface area contributed by atoms with Gasteiger partial charge in [0.25, 0.3) is 0 Å². The van der Waals surface area contributed by atoms with Crippen LogP contribution in [-0.2, 0) is 0 Å². The third-order valence-corrected chi connectivity index (χ3v) is 7.81. The molecule has 2 aromatic carbocycles. The topological polar surface area (TPSA) is 114 Å². The first kappa shape index (κ1) is 28.0. The maximum absolute atomic E-state index is 11.0. The Balaban J connectivity index is 1.31. The highest BCUT2D eigenvalue weighted by Crippen LogP contribution is 2.36. The molecule has 1 aliphatic carbocycles. The Morgan fingerprint density at radius 1 is 1.00 bits per heavy atom. The number of nitrogens with two attached hydrogens (primary N) is 1. The lowest BCUT2D eigenvalue weighted by molar-refractivity contribution is 0.0242. The van der Waals surface area contributed by atoms with Crippen LogP contribution in [-0.4, -0.2) is 62.2 Å². The summed E-state index contributed by atoms with van der Waals surface area (Å²) in [5, 5.41) is 20.3. The number of nitrogens with one attached hydrogen (secondary N) is 1. The SMILES string of the molecule is CC(C)C[C@H](C(O)NC1CCC(n2nc(-c3ccc(Oc4ccccc4)cc3)c3c(N)ncnc32)CC1)N(C)C. The van der Waals surface area contributed by atoms with E-state index >= 15 is 0 Å². The number of nitrogens with zero attached hydrogens (tertiary/aromatic N) is 5. The number of hydrogen-bond acceptors (Lipinski definition) is 8. The Hall–Kier alpha value is -3.53. The van der Waals surface area contributed by atoms with Crippen LogP contribution in [0.3, 0.4) is 0 Å². The molecule has 0 spiro atoms. The molecule has 2 atom stereocenters. The quantitative estimate of drug-likeness (QED) is 0.233. The molecule has 1 saturated carbocycles. The molecule has 9 heteroatoms. The highest BCUT2D eigenvalue weighted by atomic mass is 16.5. The van der Waals surface area contributed by atoms with E-state index in [2.05, 4.69) is 34.0 Å². The minimum absolute atomic E-state index is 0.0829. The normalized spacial score (nSPS) is 19.3. The molecule has 2 aromatic heterocycles. The summed E-state index contributed by atoms with van der Waals surface area (Å²) in [5.74, 6) is 2.48. The van der Waals surface area contributed by atoms with Crippen LogP contribution in [0.5, 0.6) is 11.5 Å². The van der Waals surface area contributed by atoms with Crippen molar-refractivity contribution in [1.82, 2.24) is 30.0 Å². The Morgan fingerprint density at radius 2 is 1.68 bits per heavy atom. The van der Waals surface area contributed by atoms with Gasteiger partial charge < -0.3 is 20.5 Å². The summed E-state index contributed by atoms with van der Waals surface area (Å²) in [6.45, 7) is 4.39. The third kappa shape index (κ3) is 6.27. The van der Waals surface area contributed by atoms with Crippen molar-refractivity contribution in [2.75, 3.05) is 19.8 Å². The number of rotatable bonds is 10. The third-order valence-electron chi connectivity index (χ3n) is 7.81. The number of aliphatic hydroxyl groups excluding tert-OH is 1. The largest absolute Gasteiger partial charge is 0.457 e. The molecule has 0 bridgehead atoms. The van der Waals surface area contributed by atoms with Gasteiger partial charge in [-0.05, 0) is 88.5 Å². The number of fused-ring (bicyclic) bond motifs is 1. The van der Waals surface area contributed by atoms with Gasteiger partial charge in [-0.2, -0.15) is 5.10 Å². The van der Waals surface area contributed by atoms with Crippen molar-refractivity contribution in [2.45, 2.75) is 70.3 Å². The highest BCUT2D eigenvalue weighted by Gasteiger charge is 2.30. The van der Waals surface area contributed by atoms with Crippen LogP contribution >= 0.6 is 0 Å². The molecule has 1 fully saturated rings. The first-order valence-corrected chi connectivity index (χ1v) is 14.2. The molecule has 212 valence electrons. The van der Waals surface area contributed by atoms with Crippen LogP contribution < -0.4 is 15.8 Å². The number of aliphatic hydroxyl groups is 1. The average molecular weight is 544 g/mol. The number of nitrogen functional groups attached to an aromatic ring is 1. The fourth-order valence-corrected chi connectivity index (χ4v) is 5.70. The fourth-order valence-electron chi connectivity index (χ4n) is 5.70. The highest BCUT2D eigenvalue weighted by molar-refractivity contribution is 5.98. The lowest BCUT2D eigenvalue weighted by Gasteiger charge is -2.36. The predicted molar refractivity (Wildman–Crippen MR) is 159 cm³/mol. The number of aromatic nitrogens is 4. The molecule has 0 aliphatic heterocycles. The molecule has 4 N–H and O–H groups in total. The summed E-state index contributed by atoms with van der Waals surface area (Å²) in [7, 11) is 4.07. The van der Waals surface area contributed by atoms with Gasteiger partial charge in [0.1, 0.15) is 35.6 Å². The average Bonchev–Trinajstić information content (AvgIpc) is 3.34. The van der Waals surface area contributed by atoms with E-state index in [1.54, 1.807) is 0 Å². The second-order valence-corrected chi connectivity index (χ2v) is 11.5. The van der Waals surface area contributed by atoms with Crippen molar-refractivity contribution >= 4 is 16.9 Å². The van der Waals surface area contributed by atoms with Crippen LogP contribution in [0.2, 0.25) is 0 Å². The molecule has 1 aliphatic rings. The van der Waals surface area contributed by atoms with Crippen LogP contribution in [0, 0.1) is 5.92 Å². The summed E-state index contributed by atoms with van der Waals surface area (Å²) in [4.78, 5) is 11.0. The van der Waals surface area contributed by atoms with Crippen molar-refractivity contribution in [1.29, 1.82) is 0 Å². The summed E-state index contributed by atoms with van der Waals surface area (Å²) in [5.41, 5.74) is 8.83. The van der Waals surface area contributed by atoms with Crippen molar-refractivity contribution in [2.24, 2.45) is 5.92 Å². The molecule has 4 aromatic rings. The van der Waals surface area contributed by atoms with E-state index in [0.717, 1.165) is 65.9 Å². The number of anilines is 1. The predicted octanol–water partition coefficient (Wildman–Crippen LogP) is 5.24. The van der Waals surface area contributed by atoms with E-state index in [1.165, 1.54) is 6.33 Å². The number of benzene rings is 2. The Bertz CT molecular complexity index is 1380. The first-order valence-electron chi connectivity index (χ1n) is 14.2. The van der Waals surface area contributed by atoms with Crippen LogP contribution in [0.15, 0.2) is 60.9 Å². The van der Waals surface area contributed by atoms with Gasteiger partial charge in [-0.3, -0.25) is 5.32 Å². The van der Waals surface area contributed by atoms with Crippen molar-refractivity contribution in [3.63, 3.8) is 0 Å². The molecular weight excluding hydrogens is 502 g/mol. The molecule has 5 rings (SSSR count). The Labute approximate surface area is 236 Å². The van der Waals surface area contributed by atoms with E-state index in [9.17, 15) is 5.11 Å². The summed E-state index contributed by atoms with van der Waals surface area (Å²) in [6, 6.07) is 18.1. The van der Waals surface area contributed by atoms with Gasteiger partial charge in [-0.1, -0.05) is 32.0 Å². The second kappa shape index (κ2) is 12.3. The van der Waals surface area contributed by atoms with E-state index in [-0.39, 0.29) is 18.1 Å². The fraction of sp³-hybridized carbons (Fsp3) is 0.452. The zero-order chi connectivity index (χ0) is 28.2. The zero-order valence-corrected chi connectivity index (χ0v) is 23.9. The Kier molecular flexibility index (Phi) is 8.63. The first-order chi connectivity index (χ1) is 19.3. The molecule has 40 heavy (non-hydrogen) atoms. The van der Waals surface area contributed by atoms with Crippen molar-refractivity contribution < 1.29 is 9.84 Å². The Morgan fingerprint density at radius 3 is 2.33 bits per heavy atom. The van der Waals surface area contributed by atoms with Gasteiger partial charge in [0, 0.05) is 17.6 Å². The van der Waals surface area contributed by atoms with Crippen LogP contribution in [0.25, 0.3) is 22.3 Å². The van der Waals surface area contributed by atoms with Gasteiger partial charge in [-0.25, -0.2) is 14.6 Å². The lowest BCUT2D eigenvalue weighted by Crippen LogP contribution is -2.52. The molecular formula is C31H41N7O2. The van der Waals surface area contributed by atoms with E-state index < -0.39 is 6.23 Å². The minimum atomic E-state index is -0.558. The van der Waals surface area contributed by atoms with E-state index in [0.29, 0.717) is 11.7 Å². The van der Waals surface area contributed by atoms with Crippen molar-refractivity contribution in [3.8, 4) is 22.8 Å². The second-order valence-electron chi connectivity index (χ2n) is 11.5. The summed E-state index contributed by atoms with van der Waals surface area (Å²) < 4.78 is 8.00. The van der Waals surface area contributed by atoms with E-state index in [4.69, 9.17) is 15.6 Å². The zero-order valence-electron chi connectivity index (χ0n) is 23.9. The standard InChI is InChI=1S/C31H41N7O2/c1-20(2)18-26(37(3)4)31(39)35-22-12-14-23(15-13-22)38-30-27(29(32)33-19-34-30)28(36-38)21-10-16-25(17-11-21)40-24-8-6-5-7-9-24/h5-11,16-17,19-20,22-23,26,31,35,39H,12-15,18H2,1-4H3,(H2,32,33,34)/t22?,23?,26-,31?/m1/s1. The molecule has 1 unspecified atom stereocenters. The molecule has 0 saturated heterocycles. The number of likely N-dealkylation sites (N-methyl/N-ethyl adjacent to an activating group) is 1. The van der Waals surface area contributed by atoms with Gasteiger partial charge in [-0.15, -0.1) is 0 Å². The number of hydrogen-bond donors (Lipinski definition) is 3. The van der Waals surface area contributed by atoms with Crippen LogP contribution in [0.4, 0.5) is 5.82 Å². The monoisotopic (exact) mass is 543 g/mol. The minimum Gasteiger partial charge on any atom is -0.457 e. The van der Waals surface area contributed by atoms with E-state index in [1.807, 2.05) is 73.4 Å². The summed E-state index contributed by atoms with van der Waals surface area (Å²) in [6.07, 6.45) is 5.67. The van der Waals surface area contributed by atoms with Gasteiger partial charge >= 0.3 is 0 Å². The van der Waals surface area contributed by atoms with Gasteiger partial charge in [0.2, 0.25) is 0 Å². The van der Waals surface area contributed by atoms with Crippen LogP contribution in [0.1, 0.15) is 52.0 Å².